The van der Waals surface area contributed by atoms with E-state index >= 15 is 0 Å². The normalized spacial score (nSPS) is 14.1. The Kier molecular flexibility index (Phi) is 10.8. The predicted molar refractivity (Wildman–Crippen MR) is 181 cm³/mol. The molecule has 5 rings (SSSR count). The molecule has 1 aliphatic rings. The summed E-state index contributed by atoms with van der Waals surface area (Å²) in [6, 6.07) is 7.20. The Bertz CT molecular complexity index is 1950. The number of hydrogen-bond acceptors (Lipinski definition) is 8. The number of rotatable bonds is 10. The van der Waals surface area contributed by atoms with Crippen LogP contribution in [0.25, 0.3) is 17.1 Å². The largest absolute Gasteiger partial charge is 0.435 e. The fourth-order valence-electron chi connectivity index (χ4n) is 5.70. The number of anilines is 2. The maximum Gasteiger partial charge on any atom is 0.435 e. The first kappa shape index (κ1) is 37.0. The van der Waals surface area contributed by atoms with Gasteiger partial charge in [-0.25, -0.2) is 14.6 Å². The van der Waals surface area contributed by atoms with Gasteiger partial charge in [0.1, 0.15) is 11.7 Å². The van der Waals surface area contributed by atoms with Gasteiger partial charge in [-0.15, -0.1) is 0 Å². The Morgan fingerprint density at radius 1 is 1.02 bits per heavy atom. The topological polar surface area (TPSA) is 166 Å². The van der Waals surface area contributed by atoms with Crippen LogP contribution in [-0.2, 0) is 22.8 Å². The second-order valence-corrected chi connectivity index (χ2v) is 12.9. The van der Waals surface area contributed by atoms with Gasteiger partial charge in [-0.05, 0) is 37.3 Å². The van der Waals surface area contributed by atoms with Crippen molar-refractivity contribution >= 4 is 46.5 Å². The molecule has 51 heavy (non-hydrogen) atoms. The molecule has 3 aromatic heterocycles. The number of piperazine rings is 1. The molecular formula is C33H37ClF3N10O4+. The van der Waals surface area contributed by atoms with Crippen LogP contribution in [0.4, 0.5) is 24.5 Å². The molecule has 1 fully saturated rings. The molecule has 1 saturated heterocycles. The molecule has 1 atom stereocenters. The van der Waals surface area contributed by atoms with E-state index in [4.69, 9.17) is 17.3 Å². The molecule has 4 aromatic rings. The highest BCUT2D eigenvalue weighted by molar-refractivity contribution is 6.34. The minimum Gasteiger partial charge on any atom is -0.397 e. The van der Waals surface area contributed by atoms with Gasteiger partial charge in [0, 0.05) is 51.5 Å². The second-order valence-electron chi connectivity index (χ2n) is 12.5. The summed E-state index contributed by atoms with van der Waals surface area (Å²) in [5.74, 6) is -2.34. The molecule has 1 aliphatic heterocycles. The zero-order valence-electron chi connectivity index (χ0n) is 28.3. The molecule has 3 amide bonds. The van der Waals surface area contributed by atoms with Gasteiger partial charge in [-0.3, -0.25) is 19.2 Å². The fourth-order valence-corrected chi connectivity index (χ4v) is 5.96. The molecule has 4 heterocycles. The van der Waals surface area contributed by atoms with Crippen molar-refractivity contribution in [1.29, 1.82) is 0 Å². The number of ketones is 1. The van der Waals surface area contributed by atoms with E-state index in [2.05, 4.69) is 20.4 Å². The van der Waals surface area contributed by atoms with Gasteiger partial charge in [0.15, 0.2) is 17.3 Å². The first-order valence-electron chi connectivity index (χ1n) is 15.9. The van der Waals surface area contributed by atoms with E-state index in [0.717, 1.165) is 22.0 Å². The third-order valence-corrected chi connectivity index (χ3v) is 8.83. The summed E-state index contributed by atoms with van der Waals surface area (Å²) >= 11 is 6.47. The van der Waals surface area contributed by atoms with Crippen molar-refractivity contribution in [2.45, 2.75) is 19.5 Å². The lowest BCUT2D eigenvalue weighted by Gasteiger charge is -2.36. The molecule has 14 nitrogen and oxygen atoms in total. The van der Waals surface area contributed by atoms with Crippen LogP contribution in [0.3, 0.4) is 0 Å². The van der Waals surface area contributed by atoms with Crippen molar-refractivity contribution in [3.63, 3.8) is 0 Å². The van der Waals surface area contributed by atoms with Crippen LogP contribution in [0.5, 0.6) is 0 Å². The van der Waals surface area contributed by atoms with Crippen LogP contribution in [0.1, 0.15) is 40.0 Å². The number of nitrogens with one attached hydrogen (secondary N) is 2. The van der Waals surface area contributed by atoms with Crippen molar-refractivity contribution in [2.24, 2.45) is 13.0 Å². The van der Waals surface area contributed by atoms with Gasteiger partial charge in [0.05, 0.1) is 60.6 Å². The Labute approximate surface area is 296 Å². The first-order valence-corrected chi connectivity index (χ1v) is 16.3. The Balaban J connectivity index is 1.26. The highest BCUT2D eigenvalue weighted by atomic mass is 35.5. The summed E-state index contributed by atoms with van der Waals surface area (Å²) in [6.07, 6.45) is -0.813. The van der Waals surface area contributed by atoms with Crippen molar-refractivity contribution in [3.05, 3.63) is 71.0 Å². The molecule has 0 aliphatic carbocycles. The summed E-state index contributed by atoms with van der Waals surface area (Å²) in [5.41, 5.74) is 4.81. The van der Waals surface area contributed by atoms with Crippen LogP contribution in [0, 0.1) is 5.92 Å². The number of alkyl halides is 3. The van der Waals surface area contributed by atoms with Crippen LogP contribution in [-0.4, -0.2) is 104 Å². The maximum absolute atomic E-state index is 14.0. The number of aromatic nitrogens is 5. The van der Waals surface area contributed by atoms with Crippen molar-refractivity contribution in [2.75, 3.05) is 57.9 Å². The maximum atomic E-state index is 14.0. The number of Topliss-reactive ketones (excluding diaryl/α,β-unsaturated/α-hetero) is 1. The molecule has 0 saturated carbocycles. The molecule has 18 heteroatoms. The number of carbonyl (C=O) groups is 4. The van der Waals surface area contributed by atoms with Gasteiger partial charge >= 0.3 is 6.18 Å². The van der Waals surface area contributed by atoms with Gasteiger partial charge in [-0.2, -0.15) is 18.3 Å². The third-order valence-electron chi connectivity index (χ3n) is 8.51. The van der Waals surface area contributed by atoms with Crippen molar-refractivity contribution in [1.82, 2.24) is 34.1 Å². The molecule has 1 aromatic carbocycles. The summed E-state index contributed by atoms with van der Waals surface area (Å²) in [7, 11) is 5.30. The lowest BCUT2D eigenvalue weighted by atomic mass is 9.98. The number of halogens is 4. The number of benzene rings is 1. The van der Waals surface area contributed by atoms with Crippen LogP contribution in [0.15, 0.2) is 48.9 Å². The molecule has 4 N–H and O–H groups in total. The van der Waals surface area contributed by atoms with Crippen molar-refractivity contribution in [3.8, 4) is 17.1 Å². The monoisotopic (exact) mass is 729 g/mol. The van der Waals surface area contributed by atoms with E-state index in [1.807, 2.05) is 14.1 Å². The number of hydrogen-bond donors (Lipinski definition) is 3. The fraction of sp³-hybridized carbons (Fsp3) is 0.364. The molecule has 0 radical (unpaired) electrons. The number of imidazole rings is 1. The number of quaternary nitrogens is 1. The minimum atomic E-state index is -4.83. The zero-order valence-corrected chi connectivity index (χ0v) is 29.0. The van der Waals surface area contributed by atoms with Gasteiger partial charge in [0.25, 0.3) is 11.8 Å². The lowest BCUT2D eigenvalue weighted by molar-refractivity contribution is -0.858. The highest BCUT2D eigenvalue weighted by Crippen LogP contribution is 2.37. The number of carbonyl (C=O) groups excluding carboxylic acids is 4. The van der Waals surface area contributed by atoms with Crippen LogP contribution < -0.4 is 16.0 Å². The standard InChI is InChI=1S/C33H36ClF3N10O4/c1-19(48)22(9-10-43(2)3)31(50)45-11-13-46(14-12-45)32(51)23-7-6-21(15-25(23)34)41-30(49)29-40-17-26(44(29)4)24-18-47(42-28(24)33(35,36)37)27-8-5-20(38)16-39-27/h5-8,15-18,22H,9-14,38H2,1-4H3,(H,41,49)/p+1/t22-/m1/s1. The van der Waals surface area contributed by atoms with Crippen molar-refractivity contribution < 1.29 is 37.2 Å². The Morgan fingerprint density at radius 3 is 2.29 bits per heavy atom. The van der Waals surface area contributed by atoms with Crippen LogP contribution >= 0.6 is 11.6 Å². The van der Waals surface area contributed by atoms with Gasteiger partial charge in [-0.1, -0.05) is 11.6 Å². The van der Waals surface area contributed by atoms with E-state index in [0.29, 0.717) is 18.7 Å². The summed E-state index contributed by atoms with van der Waals surface area (Å²) in [4.78, 5) is 64.2. The number of pyridine rings is 1. The molecule has 0 spiro atoms. The Morgan fingerprint density at radius 2 is 1.71 bits per heavy atom. The van der Waals surface area contributed by atoms with E-state index in [1.165, 1.54) is 55.1 Å². The quantitative estimate of drug-likeness (QED) is 0.209. The SMILES string of the molecule is CC(=O)[C@@H](CC[NH+](C)C)C(=O)N1CCN(C(=O)c2ccc(NC(=O)c3ncc(-c4cn(-c5ccc(N)cn5)nc4C(F)(F)F)n3C)cc2Cl)CC1. The second kappa shape index (κ2) is 14.9. The molecular weight excluding hydrogens is 693 g/mol. The molecule has 0 bridgehead atoms. The highest BCUT2D eigenvalue weighted by Gasteiger charge is 2.39. The summed E-state index contributed by atoms with van der Waals surface area (Å²) < 4.78 is 44.2. The minimum absolute atomic E-state index is 0.0266. The summed E-state index contributed by atoms with van der Waals surface area (Å²) in [5, 5.41) is 6.36. The number of nitrogens with two attached hydrogens (primary N) is 1. The van der Waals surface area contributed by atoms with E-state index in [-0.39, 0.29) is 82.9 Å². The average Bonchev–Trinajstić information content (AvgIpc) is 3.69. The lowest BCUT2D eigenvalue weighted by Crippen LogP contribution is -3.05. The zero-order chi connectivity index (χ0) is 37.2. The average molecular weight is 730 g/mol. The van der Waals surface area contributed by atoms with Gasteiger partial charge in [0.2, 0.25) is 5.91 Å². The number of amides is 3. The van der Waals surface area contributed by atoms with Crippen LogP contribution in [0.2, 0.25) is 5.02 Å². The predicted octanol–water partition coefficient (Wildman–Crippen LogP) is 2.20. The van der Waals surface area contributed by atoms with E-state index < -0.39 is 23.7 Å². The third kappa shape index (κ3) is 8.20. The summed E-state index contributed by atoms with van der Waals surface area (Å²) in [6.45, 7) is 3.12. The number of nitrogens with zero attached hydrogens (tertiary/aromatic N) is 7. The smallest absolute Gasteiger partial charge is 0.397 e. The molecule has 270 valence electrons. The number of nitrogen functional groups attached to an aromatic ring is 1. The van der Waals surface area contributed by atoms with E-state index in [1.54, 1.807) is 9.80 Å². The van der Waals surface area contributed by atoms with Gasteiger partial charge < -0.3 is 30.3 Å². The molecule has 0 unspecified atom stereocenters. The first-order chi connectivity index (χ1) is 24.0. The Hall–Kier alpha value is -5.29. The van der Waals surface area contributed by atoms with E-state index in [9.17, 15) is 32.3 Å².